The van der Waals surface area contributed by atoms with Crippen molar-refractivity contribution in [2.45, 2.75) is 20.3 Å². The topological polar surface area (TPSA) is 67.8 Å². The third kappa shape index (κ3) is 3.84. The number of carbonyl (C=O) groups is 2. The van der Waals surface area contributed by atoms with Gasteiger partial charge in [-0.3, -0.25) is 9.59 Å². The lowest BCUT2D eigenvalue weighted by Crippen LogP contribution is -2.19. The van der Waals surface area contributed by atoms with Crippen LogP contribution in [0.1, 0.15) is 29.9 Å². The number of hydrogen-bond acceptors (Lipinski definition) is 5. The Balaban J connectivity index is 2.08. The maximum Gasteiger partial charge on any atom is 0.311 e. The summed E-state index contributed by atoms with van der Waals surface area (Å²) in [4.78, 5) is 23.8. The van der Waals surface area contributed by atoms with E-state index in [0.29, 0.717) is 22.2 Å². The van der Waals surface area contributed by atoms with Crippen LogP contribution in [0.4, 0.5) is 0 Å². The Labute approximate surface area is 136 Å². The summed E-state index contributed by atoms with van der Waals surface area (Å²) >= 11 is 7.52. The van der Waals surface area contributed by atoms with Gasteiger partial charge >= 0.3 is 5.97 Å². The molecule has 0 aliphatic carbocycles. The fourth-order valence-electron chi connectivity index (χ4n) is 1.82. The molecule has 0 atom stereocenters. The van der Waals surface area contributed by atoms with E-state index >= 15 is 0 Å². The fraction of sp³-hybridized carbons (Fsp3) is 0.267. The largest absolute Gasteiger partial charge is 0.466 e. The minimum Gasteiger partial charge on any atom is -0.466 e. The van der Waals surface area contributed by atoms with Crippen LogP contribution in [0, 0.1) is 0 Å². The Hall–Kier alpha value is -1.92. The van der Waals surface area contributed by atoms with E-state index in [0.717, 1.165) is 10.1 Å². The molecule has 0 saturated carbocycles. The average molecular weight is 339 g/mol. The van der Waals surface area contributed by atoms with Crippen LogP contribution in [0.2, 0.25) is 5.02 Å². The summed E-state index contributed by atoms with van der Waals surface area (Å²) in [5, 5.41) is 5.15. The number of nitrogens with one attached hydrogen (secondary N) is 1. The Kier molecular flexibility index (Phi) is 5.51. The molecular formula is C15H15ClN2O3S. The Bertz CT molecular complexity index is 739. The third-order valence-electron chi connectivity index (χ3n) is 2.79. The Morgan fingerprint density at radius 2 is 2.09 bits per heavy atom. The zero-order chi connectivity index (χ0) is 16.1. The molecule has 2 aromatic rings. The highest BCUT2D eigenvalue weighted by Crippen LogP contribution is 2.34. The van der Waals surface area contributed by atoms with Crippen molar-refractivity contribution < 1.29 is 14.3 Å². The SMILES string of the molecule is CCOC(=O)CC(C)=NNC(=O)c1sc2ccccc2c1Cl. The van der Waals surface area contributed by atoms with E-state index in [1.54, 1.807) is 13.8 Å². The van der Waals surface area contributed by atoms with Gasteiger partial charge in [-0.05, 0) is 19.9 Å². The first-order valence-electron chi connectivity index (χ1n) is 6.69. The van der Waals surface area contributed by atoms with Crippen LogP contribution in [0.5, 0.6) is 0 Å². The molecule has 1 N–H and O–H groups in total. The van der Waals surface area contributed by atoms with Gasteiger partial charge in [0.25, 0.3) is 5.91 Å². The first-order chi connectivity index (χ1) is 10.5. The molecule has 0 radical (unpaired) electrons. The Morgan fingerprint density at radius 3 is 2.77 bits per heavy atom. The summed E-state index contributed by atoms with van der Waals surface area (Å²) in [7, 11) is 0. The molecule has 7 heteroatoms. The van der Waals surface area contributed by atoms with Crippen molar-refractivity contribution >= 4 is 50.6 Å². The van der Waals surface area contributed by atoms with E-state index < -0.39 is 5.91 Å². The lowest BCUT2D eigenvalue weighted by Gasteiger charge is -2.02. The summed E-state index contributed by atoms with van der Waals surface area (Å²) in [6.45, 7) is 3.69. The minimum atomic E-state index is -0.394. The van der Waals surface area contributed by atoms with Crippen molar-refractivity contribution in [2.75, 3.05) is 6.61 Å². The predicted molar refractivity (Wildman–Crippen MR) is 88.7 cm³/mol. The molecule has 1 aromatic heterocycles. The van der Waals surface area contributed by atoms with Gasteiger partial charge in [0.05, 0.1) is 18.1 Å². The Morgan fingerprint density at radius 1 is 1.36 bits per heavy atom. The molecular weight excluding hydrogens is 324 g/mol. The molecule has 116 valence electrons. The number of hydrogen-bond donors (Lipinski definition) is 1. The number of rotatable bonds is 5. The van der Waals surface area contributed by atoms with E-state index in [4.69, 9.17) is 16.3 Å². The molecule has 0 spiro atoms. The number of hydrazone groups is 1. The molecule has 1 heterocycles. The molecule has 0 aliphatic heterocycles. The third-order valence-corrected chi connectivity index (χ3v) is 4.47. The van der Waals surface area contributed by atoms with Crippen molar-refractivity contribution in [3.63, 3.8) is 0 Å². The first kappa shape index (κ1) is 16.5. The lowest BCUT2D eigenvalue weighted by molar-refractivity contribution is -0.141. The molecule has 0 unspecified atom stereocenters. The van der Waals surface area contributed by atoms with Gasteiger partial charge in [-0.15, -0.1) is 11.3 Å². The molecule has 0 bridgehead atoms. The number of nitrogens with zero attached hydrogens (tertiary/aromatic N) is 1. The second kappa shape index (κ2) is 7.38. The smallest absolute Gasteiger partial charge is 0.311 e. The number of fused-ring (bicyclic) bond motifs is 1. The van der Waals surface area contributed by atoms with E-state index in [9.17, 15) is 9.59 Å². The van der Waals surface area contributed by atoms with Crippen molar-refractivity contribution in [1.82, 2.24) is 5.43 Å². The van der Waals surface area contributed by atoms with Crippen LogP contribution >= 0.6 is 22.9 Å². The average Bonchev–Trinajstić information content (AvgIpc) is 2.83. The number of carbonyl (C=O) groups excluding carboxylic acids is 2. The molecule has 0 fully saturated rings. The van der Waals surface area contributed by atoms with Gasteiger partial charge in [0.2, 0.25) is 0 Å². The highest BCUT2D eigenvalue weighted by molar-refractivity contribution is 7.21. The molecule has 2 rings (SSSR count). The van der Waals surface area contributed by atoms with Gasteiger partial charge in [0.1, 0.15) is 4.88 Å². The van der Waals surface area contributed by atoms with Gasteiger partial charge in [0, 0.05) is 15.8 Å². The normalized spacial score (nSPS) is 11.5. The standard InChI is InChI=1S/C15H15ClN2O3S/c1-3-21-12(19)8-9(2)17-18-15(20)14-13(16)10-6-4-5-7-11(10)22-14/h4-7H,3,8H2,1-2H3,(H,18,20). The van der Waals surface area contributed by atoms with Crippen molar-refractivity contribution in [3.05, 3.63) is 34.2 Å². The predicted octanol–water partition coefficient (Wildman–Crippen LogP) is 3.61. The maximum atomic E-state index is 12.1. The summed E-state index contributed by atoms with van der Waals surface area (Å²) in [5.74, 6) is -0.771. The molecule has 5 nitrogen and oxygen atoms in total. The van der Waals surface area contributed by atoms with Crippen LogP contribution in [-0.4, -0.2) is 24.2 Å². The van der Waals surface area contributed by atoms with Gasteiger partial charge in [-0.2, -0.15) is 5.10 Å². The van der Waals surface area contributed by atoms with Crippen LogP contribution < -0.4 is 5.43 Å². The summed E-state index contributed by atoms with van der Waals surface area (Å²) in [6, 6.07) is 7.51. The highest BCUT2D eigenvalue weighted by atomic mass is 35.5. The number of esters is 1. The van der Waals surface area contributed by atoms with E-state index in [-0.39, 0.29) is 12.4 Å². The summed E-state index contributed by atoms with van der Waals surface area (Å²) < 4.78 is 5.75. The number of ether oxygens (including phenoxy) is 1. The minimum absolute atomic E-state index is 0.0360. The van der Waals surface area contributed by atoms with E-state index in [1.165, 1.54) is 11.3 Å². The first-order valence-corrected chi connectivity index (χ1v) is 7.88. The zero-order valence-corrected chi connectivity index (χ0v) is 13.8. The van der Waals surface area contributed by atoms with Crippen molar-refractivity contribution in [1.29, 1.82) is 0 Å². The molecule has 1 amide bonds. The summed E-state index contributed by atoms with van der Waals surface area (Å²) in [5.41, 5.74) is 2.88. The monoisotopic (exact) mass is 338 g/mol. The van der Waals surface area contributed by atoms with Crippen LogP contribution in [0.25, 0.3) is 10.1 Å². The van der Waals surface area contributed by atoms with Gasteiger partial charge < -0.3 is 4.74 Å². The number of halogens is 1. The molecule has 0 aliphatic rings. The molecule has 0 saturated heterocycles. The van der Waals surface area contributed by atoms with Gasteiger partial charge in [0.15, 0.2) is 0 Å². The van der Waals surface area contributed by atoms with Crippen LogP contribution in [-0.2, 0) is 9.53 Å². The lowest BCUT2D eigenvalue weighted by atomic mass is 10.2. The fourth-order valence-corrected chi connectivity index (χ4v) is 3.22. The van der Waals surface area contributed by atoms with E-state index in [2.05, 4.69) is 10.5 Å². The van der Waals surface area contributed by atoms with Crippen LogP contribution in [0.3, 0.4) is 0 Å². The van der Waals surface area contributed by atoms with Crippen molar-refractivity contribution in [2.24, 2.45) is 5.10 Å². The van der Waals surface area contributed by atoms with Gasteiger partial charge in [-0.1, -0.05) is 29.8 Å². The van der Waals surface area contributed by atoms with E-state index in [1.807, 2.05) is 24.3 Å². The zero-order valence-electron chi connectivity index (χ0n) is 12.2. The van der Waals surface area contributed by atoms with Gasteiger partial charge in [-0.25, -0.2) is 5.43 Å². The number of benzene rings is 1. The second-order valence-corrected chi connectivity index (χ2v) is 5.94. The highest BCUT2D eigenvalue weighted by Gasteiger charge is 2.16. The second-order valence-electron chi connectivity index (χ2n) is 4.51. The number of amides is 1. The summed E-state index contributed by atoms with van der Waals surface area (Å²) in [6.07, 6.45) is 0.0360. The molecule has 22 heavy (non-hydrogen) atoms. The maximum absolute atomic E-state index is 12.1. The quantitative estimate of drug-likeness (QED) is 0.514. The van der Waals surface area contributed by atoms with Crippen LogP contribution in [0.15, 0.2) is 29.4 Å². The molecule has 1 aromatic carbocycles. The number of thiophene rings is 1. The van der Waals surface area contributed by atoms with Crippen molar-refractivity contribution in [3.8, 4) is 0 Å².